The van der Waals surface area contributed by atoms with E-state index in [0.29, 0.717) is 13.1 Å². The summed E-state index contributed by atoms with van der Waals surface area (Å²) in [6.07, 6.45) is 0. The highest BCUT2D eigenvalue weighted by atomic mass is 19.1. The minimum absolute atomic E-state index is 0.00222. The number of nitrogens with zero attached hydrogens (tertiary/aromatic N) is 3. The summed E-state index contributed by atoms with van der Waals surface area (Å²) < 4.78 is 13.7. The molecule has 7 heteroatoms. The molecule has 1 fully saturated rings. The van der Waals surface area contributed by atoms with Crippen LogP contribution in [-0.4, -0.2) is 72.3 Å². The molecule has 0 aliphatic carbocycles. The van der Waals surface area contributed by atoms with E-state index in [1.807, 2.05) is 23.1 Å². The van der Waals surface area contributed by atoms with Crippen LogP contribution in [0.25, 0.3) is 0 Å². The van der Waals surface area contributed by atoms with Crippen LogP contribution in [0.1, 0.15) is 12.5 Å². The molecule has 1 aliphatic rings. The molecule has 30 heavy (non-hydrogen) atoms. The number of rotatable bonds is 7. The van der Waals surface area contributed by atoms with Crippen LogP contribution < -0.4 is 5.32 Å². The van der Waals surface area contributed by atoms with E-state index < -0.39 is 11.9 Å². The molecule has 0 unspecified atom stereocenters. The fourth-order valence-corrected chi connectivity index (χ4v) is 3.45. The molecule has 0 bridgehead atoms. The van der Waals surface area contributed by atoms with Crippen molar-refractivity contribution in [2.24, 2.45) is 0 Å². The summed E-state index contributed by atoms with van der Waals surface area (Å²) >= 11 is 0. The van der Waals surface area contributed by atoms with Crippen LogP contribution in [0.2, 0.25) is 0 Å². The minimum Gasteiger partial charge on any atom is -0.339 e. The third-order valence-corrected chi connectivity index (χ3v) is 5.53. The molecule has 1 saturated heterocycles. The maximum Gasteiger partial charge on any atom is 0.241 e. The predicted molar refractivity (Wildman–Crippen MR) is 115 cm³/mol. The number of amides is 2. The summed E-state index contributed by atoms with van der Waals surface area (Å²) in [7, 11) is 1.73. The Morgan fingerprint density at radius 3 is 2.33 bits per heavy atom. The monoisotopic (exact) mass is 412 g/mol. The minimum atomic E-state index is -0.562. The number of nitrogens with one attached hydrogen (secondary N) is 1. The predicted octanol–water partition coefficient (Wildman–Crippen LogP) is 2.43. The standard InChI is InChI=1S/C23H29FN4O2/c1-18(23(30)25-21-11-7-6-10-20(21)24)26(2)17-22(29)28-14-12-27(13-15-28)16-19-8-4-3-5-9-19/h3-11,18H,12-17H2,1-2H3,(H,25,30)/t18-/m0/s1. The zero-order valence-corrected chi connectivity index (χ0v) is 17.6. The van der Waals surface area contributed by atoms with Gasteiger partial charge in [0.1, 0.15) is 5.82 Å². The highest BCUT2D eigenvalue weighted by Crippen LogP contribution is 2.14. The Morgan fingerprint density at radius 2 is 1.67 bits per heavy atom. The normalized spacial score (nSPS) is 15.8. The van der Waals surface area contributed by atoms with Crippen LogP contribution in [0, 0.1) is 5.82 Å². The van der Waals surface area contributed by atoms with Gasteiger partial charge in [-0.25, -0.2) is 4.39 Å². The molecule has 2 amide bonds. The van der Waals surface area contributed by atoms with Gasteiger partial charge in [0, 0.05) is 32.7 Å². The SMILES string of the molecule is C[C@@H](C(=O)Nc1ccccc1F)N(C)CC(=O)N1CCN(Cc2ccccc2)CC1. The lowest BCUT2D eigenvalue weighted by Gasteiger charge is -2.36. The van der Waals surface area contributed by atoms with Crippen LogP contribution >= 0.6 is 0 Å². The Hall–Kier alpha value is -2.77. The van der Waals surface area contributed by atoms with Crippen LogP contribution in [-0.2, 0) is 16.1 Å². The number of hydrogen-bond donors (Lipinski definition) is 1. The molecular weight excluding hydrogens is 383 g/mol. The number of piperazine rings is 1. The van der Waals surface area contributed by atoms with E-state index in [1.54, 1.807) is 31.0 Å². The molecule has 1 atom stereocenters. The van der Waals surface area contributed by atoms with Crippen LogP contribution in [0.3, 0.4) is 0 Å². The Bertz CT molecular complexity index is 853. The maximum atomic E-state index is 13.7. The number of para-hydroxylation sites is 1. The van der Waals surface area contributed by atoms with E-state index in [2.05, 4.69) is 22.3 Å². The summed E-state index contributed by atoms with van der Waals surface area (Å²) in [5.41, 5.74) is 1.41. The van der Waals surface area contributed by atoms with E-state index >= 15 is 0 Å². The van der Waals surface area contributed by atoms with E-state index in [1.165, 1.54) is 17.7 Å². The number of anilines is 1. The Morgan fingerprint density at radius 1 is 1.03 bits per heavy atom. The van der Waals surface area contributed by atoms with Crippen molar-refractivity contribution in [1.82, 2.24) is 14.7 Å². The molecule has 160 valence electrons. The second-order valence-electron chi connectivity index (χ2n) is 7.70. The van der Waals surface area contributed by atoms with Gasteiger partial charge in [0.05, 0.1) is 18.3 Å². The Kier molecular flexibility index (Phi) is 7.54. The summed E-state index contributed by atoms with van der Waals surface area (Å²) in [6, 6.07) is 15.8. The first-order chi connectivity index (χ1) is 14.4. The lowest BCUT2D eigenvalue weighted by molar-refractivity contribution is -0.135. The summed E-state index contributed by atoms with van der Waals surface area (Å²) in [6.45, 7) is 5.74. The van der Waals surface area contributed by atoms with Crippen molar-refractivity contribution in [2.45, 2.75) is 19.5 Å². The van der Waals surface area contributed by atoms with E-state index in [4.69, 9.17) is 0 Å². The lowest BCUT2D eigenvalue weighted by atomic mass is 10.2. The molecule has 0 saturated carbocycles. The van der Waals surface area contributed by atoms with Gasteiger partial charge in [-0.15, -0.1) is 0 Å². The topological polar surface area (TPSA) is 55.9 Å². The van der Waals surface area contributed by atoms with Gasteiger partial charge in [-0.2, -0.15) is 0 Å². The highest BCUT2D eigenvalue weighted by molar-refractivity contribution is 5.95. The van der Waals surface area contributed by atoms with Gasteiger partial charge in [0.15, 0.2) is 0 Å². The highest BCUT2D eigenvalue weighted by Gasteiger charge is 2.25. The average molecular weight is 413 g/mol. The molecule has 2 aromatic carbocycles. The first-order valence-electron chi connectivity index (χ1n) is 10.2. The zero-order valence-electron chi connectivity index (χ0n) is 17.6. The lowest BCUT2D eigenvalue weighted by Crippen LogP contribution is -2.52. The van der Waals surface area contributed by atoms with Gasteiger partial charge in [0.25, 0.3) is 0 Å². The van der Waals surface area contributed by atoms with E-state index in [9.17, 15) is 14.0 Å². The number of halogens is 1. The number of hydrogen-bond acceptors (Lipinski definition) is 4. The quantitative estimate of drug-likeness (QED) is 0.759. The molecule has 1 N–H and O–H groups in total. The van der Waals surface area contributed by atoms with Gasteiger partial charge in [-0.3, -0.25) is 19.4 Å². The van der Waals surface area contributed by atoms with Gasteiger partial charge in [-0.1, -0.05) is 42.5 Å². The summed E-state index contributed by atoms with van der Waals surface area (Å²) in [5, 5.41) is 2.59. The zero-order chi connectivity index (χ0) is 21.5. The van der Waals surface area contributed by atoms with E-state index in [-0.39, 0.29) is 24.0 Å². The van der Waals surface area contributed by atoms with E-state index in [0.717, 1.165) is 19.6 Å². The summed E-state index contributed by atoms with van der Waals surface area (Å²) in [4.78, 5) is 31.0. The molecule has 1 heterocycles. The third kappa shape index (κ3) is 5.87. The van der Waals surface area contributed by atoms with Crippen molar-refractivity contribution in [3.05, 3.63) is 66.0 Å². The molecule has 1 aliphatic heterocycles. The van der Waals surface area contributed by atoms with Gasteiger partial charge in [0.2, 0.25) is 11.8 Å². The van der Waals surface area contributed by atoms with Crippen molar-refractivity contribution in [2.75, 3.05) is 45.1 Å². The second-order valence-corrected chi connectivity index (χ2v) is 7.70. The van der Waals surface area contributed by atoms with Crippen LogP contribution in [0.5, 0.6) is 0 Å². The molecule has 0 aromatic heterocycles. The average Bonchev–Trinajstić information content (AvgIpc) is 2.76. The molecular formula is C23H29FN4O2. The third-order valence-electron chi connectivity index (χ3n) is 5.53. The van der Waals surface area contributed by atoms with Crippen LogP contribution in [0.15, 0.2) is 54.6 Å². The number of carbonyl (C=O) groups is 2. The van der Waals surface area contributed by atoms with Crippen molar-refractivity contribution in [3.8, 4) is 0 Å². The largest absolute Gasteiger partial charge is 0.339 e. The molecule has 0 spiro atoms. The Balaban J connectivity index is 1.45. The maximum absolute atomic E-state index is 13.7. The number of benzene rings is 2. The number of likely N-dealkylation sites (N-methyl/N-ethyl adjacent to an activating group) is 1. The van der Waals surface area contributed by atoms with Crippen molar-refractivity contribution >= 4 is 17.5 Å². The van der Waals surface area contributed by atoms with Gasteiger partial charge >= 0.3 is 0 Å². The second kappa shape index (κ2) is 10.3. The number of carbonyl (C=O) groups excluding carboxylic acids is 2. The molecule has 0 radical (unpaired) electrons. The Labute approximate surface area is 177 Å². The van der Waals surface area contributed by atoms with Crippen molar-refractivity contribution in [3.63, 3.8) is 0 Å². The fourth-order valence-electron chi connectivity index (χ4n) is 3.45. The van der Waals surface area contributed by atoms with Gasteiger partial charge in [-0.05, 0) is 31.7 Å². The molecule has 6 nitrogen and oxygen atoms in total. The van der Waals surface area contributed by atoms with Crippen LogP contribution in [0.4, 0.5) is 10.1 Å². The van der Waals surface area contributed by atoms with Gasteiger partial charge < -0.3 is 10.2 Å². The molecule has 3 rings (SSSR count). The fraction of sp³-hybridized carbons (Fsp3) is 0.391. The molecule has 2 aromatic rings. The van der Waals surface area contributed by atoms with Crippen molar-refractivity contribution < 1.29 is 14.0 Å². The summed E-state index contributed by atoms with van der Waals surface area (Å²) in [5.74, 6) is -0.823. The van der Waals surface area contributed by atoms with Crippen molar-refractivity contribution in [1.29, 1.82) is 0 Å². The first-order valence-corrected chi connectivity index (χ1v) is 10.2. The smallest absolute Gasteiger partial charge is 0.241 e. The first kappa shape index (κ1) is 21.9.